The second kappa shape index (κ2) is 3.53. The Bertz CT molecular complexity index is 99.9. The van der Waals surface area contributed by atoms with E-state index >= 15 is 0 Å². The quantitative estimate of drug-likeness (QED) is 0.392. The second-order valence-electron chi connectivity index (χ2n) is 2.58. The summed E-state index contributed by atoms with van der Waals surface area (Å²) in [6, 6.07) is 0. The molecule has 2 aliphatic rings. The van der Waals surface area contributed by atoms with E-state index in [2.05, 4.69) is 5.32 Å². The Hall–Kier alpha value is 0.170. The van der Waals surface area contributed by atoms with Crippen LogP contribution in [0.5, 0.6) is 0 Å². The topological polar surface area (TPSA) is 35.1 Å². The molecule has 0 bridgehead atoms. The van der Waals surface area contributed by atoms with Crippen molar-refractivity contribution in [3.8, 4) is 0 Å². The molecule has 0 aromatic rings. The van der Waals surface area contributed by atoms with Crippen LogP contribution in [-0.2, 0) is 9.47 Å². The zero-order chi connectivity index (χ0) is 6.10. The third-order valence-electron chi connectivity index (χ3n) is 1.96. The number of hydrogen-bond donors (Lipinski definition) is 1. The predicted octanol–water partition coefficient (Wildman–Crippen LogP) is -4.65. The predicted molar refractivity (Wildman–Crippen MR) is 31.1 cm³/mol. The van der Waals surface area contributed by atoms with E-state index in [1.54, 1.807) is 0 Å². The molecule has 0 aliphatic carbocycles. The number of rotatable bonds is 0. The summed E-state index contributed by atoms with van der Waals surface area (Å²) in [5, 5.41) is 2.25. The van der Waals surface area contributed by atoms with Crippen LogP contribution in [0, 0.1) is 0 Å². The molecule has 2 N–H and O–H groups in total. The molecule has 4 heteroatoms. The summed E-state index contributed by atoms with van der Waals surface area (Å²) in [4.78, 5) is 0. The van der Waals surface area contributed by atoms with Crippen molar-refractivity contribution in [1.29, 1.82) is 0 Å². The molecule has 0 amide bonds. The molecule has 0 saturated carbocycles. The zero-order valence-electron chi connectivity index (χ0n) is 5.75. The fourth-order valence-corrected chi connectivity index (χ4v) is 1.48. The van der Waals surface area contributed by atoms with Crippen LogP contribution in [0.1, 0.15) is 0 Å². The fraction of sp³-hybridized carbons (Fsp3) is 1.00. The van der Waals surface area contributed by atoms with Gasteiger partial charge >= 0.3 is 0 Å². The molecule has 2 saturated heterocycles. The van der Waals surface area contributed by atoms with Crippen molar-refractivity contribution in [2.75, 3.05) is 26.3 Å². The van der Waals surface area contributed by atoms with E-state index in [-0.39, 0.29) is 12.4 Å². The number of fused-ring (bicyclic) bond motifs is 1. The smallest absolute Gasteiger partial charge is 0.138 e. The lowest BCUT2D eigenvalue weighted by molar-refractivity contribution is -0.640. The number of ether oxygens (including phenoxy) is 2. The van der Waals surface area contributed by atoms with Crippen molar-refractivity contribution in [3.05, 3.63) is 0 Å². The lowest BCUT2D eigenvalue weighted by atomic mass is 10.2. The van der Waals surface area contributed by atoms with Crippen LogP contribution in [0.25, 0.3) is 0 Å². The Balaban J connectivity index is 0.000000500. The van der Waals surface area contributed by atoms with Crippen LogP contribution >= 0.6 is 0 Å². The van der Waals surface area contributed by atoms with Crippen LogP contribution in [0.3, 0.4) is 0 Å². The van der Waals surface area contributed by atoms with E-state index in [1.807, 2.05) is 0 Å². The summed E-state index contributed by atoms with van der Waals surface area (Å²) in [5.74, 6) is 0. The molecular formula is C6H12ClNO2. The van der Waals surface area contributed by atoms with Gasteiger partial charge in [0.2, 0.25) is 0 Å². The Morgan fingerprint density at radius 2 is 1.50 bits per heavy atom. The van der Waals surface area contributed by atoms with E-state index in [0.717, 1.165) is 26.3 Å². The van der Waals surface area contributed by atoms with Gasteiger partial charge in [-0.25, -0.2) is 0 Å². The lowest BCUT2D eigenvalue weighted by Gasteiger charge is -2.22. The van der Waals surface area contributed by atoms with Crippen molar-refractivity contribution in [2.24, 2.45) is 0 Å². The zero-order valence-corrected chi connectivity index (χ0v) is 6.51. The maximum Gasteiger partial charge on any atom is 0.138 e. The SMILES string of the molecule is C1CO[C@@H]2C[NH2+]C[C@H]2O1.[Cl-]. The summed E-state index contributed by atoms with van der Waals surface area (Å²) >= 11 is 0. The normalized spacial score (nSPS) is 38.4. The van der Waals surface area contributed by atoms with Gasteiger partial charge in [0.05, 0.1) is 13.2 Å². The molecule has 10 heavy (non-hydrogen) atoms. The van der Waals surface area contributed by atoms with E-state index in [4.69, 9.17) is 9.47 Å². The Morgan fingerprint density at radius 1 is 1.00 bits per heavy atom. The third kappa shape index (κ3) is 1.42. The minimum Gasteiger partial charge on any atom is -1.00 e. The summed E-state index contributed by atoms with van der Waals surface area (Å²) in [7, 11) is 0. The van der Waals surface area contributed by atoms with Crippen LogP contribution in [0.2, 0.25) is 0 Å². The molecule has 0 unspecified atom stereocenters. The van der Waals surface area contributed by atoms with Gasteiger partial charge in [0, 0.05) is 0 Å². The largest absolute Gasteiger partial charge is 1.00 e. The molecule has 3 nitrogen and oxygen atoms in total. The fourth-order valence-electron chi connectivity index (χ4n) is 1.48. The second-order valence-corrected chi connectivity index (χ2v) is 2.58. The number of quaternary nitrogens is 1. The molecule has 2 rings (SSSR count). The average Bonchev–Trinajstić information content (AvgIpc) is 2.33. The highest BCUT2D eigenvalue weighted by Crippen LogP contribution is 2.09. The average molecular weight is 166 g/mol. The lowest BCUT2D eigenvalue weighted by Crippen LogP contribution is -3.00. The third-order valence-corrected chi connectivity index (χ3v) is 1.96. The van der Waals surface area contributed by atoms with Gasteiger partial charge in [0.15, 0.2) is 0 Å². The van der Waals surface area contributed by atoms with Crippen LogP contribution < -0.4 is 17.7 Å². The van der Waals surface area contributed by atoms with Crippen molar-refractivity contribution in [1.82, 2.24) is 0 Å². The van der Waals surface area contributed by atoms with Crippen molar-refractivity contribution in [2.45, 2.75) is 12.2 Å². The summed E-state index contributed by atoms with van der Waals surface area (Å²) in [6.45, 7) is 3.75. The Kier molecular flexibility index (Phi) is 2.92. The van der Waals surface area contributed by atoms with Gasteiger partial charge in [-0.05, 0) is 0 Å². The maximum atomic E-state index is 5.45. The molecule has 2 atom stereocenters. The molecule has 0 aromatic heterocycles. The molecule has 2 heterocycles. The summed E-state index contributed by atoms with van der Waals surface area (Å²) < 4.78 is 10.9. The van der Waals surface area contributed by atoms with Gasteiger partial charge in [0.1, 0.15) is 25.3 Å². The minimum atomic E-state index is 0. The Labute approximate surface area is 66.5 Å². The molecule has 2 aliphatic heterocycles. The molecular weight excluding hydrogens is 154 g/mol. The number of hydrogen-bond acceptors (Lipinski definition) is 2. The first-order valence-electron chi connectivity index (χ1n) is 3.52. The monoisotopic (exact) mass is 165 g/mol. The van der Waals surface area contributed by atoms with E-state index in [9.17, 15) is 0 Å². The van der Waals surface area contributed by atoms with Gasteiger partial charge in [0.25, 0.3) is 0 Å². The van der Waals surface area contributed by atoms with Crippen LogP contribution in [0.4, 0.5) is 0 Å². The van der Waals surface area contributed by atoms with Crippen LogP contribution in [-0.4, -0.2) is 38.5 Å². The van der Waals surface area contributed by atoms with Gasteiger partial charge in [-0.15, -0.1) is 0 Å². The van der Waals surface area contributed by atoms with Gasteiger partial charge in [-0.1, -0.05) is 0 Å². The molecule has 0 radical (unpaired) electrons. The first-order chi connectivity index (χ1) is 4.47. The highest BCUT2D eigenvalue weighted by Gasteiger charge is 2.34. The van der Waals surface area contributed by atoms with Gasteiger partial charge < -0.3 is 27.2 Å². The summed E-state index contributed by atoms with van der Waals surface area (Å²) in [6.07, 6.45) is 0.775. The Morgan fingerprint density at radius 3 is 2.00 bits per heavy atom. The number of nitrogens with two attached hydrogens (primary N) is 1. The van der Waals surface area contributed by atoms with E-state index in [0.29, 0.717) is 12.2 Å². The van der Waals surface area contributed by atoms with Crippen molar-refractivity contribution in [3.63, 3.8) is 0 Å². The first-order valence-corrected chi connectivity index (χ1v) is 3.52. The number of halogens is 1. The minimum absolute atomic E-state index is 0. The highest BCUT2D eigenvalue weighted by molar-refractivity contribution is 4.75. The highest BCUT2D eigenvalue weighted by atomic mass is 35.5. The van der Waals surface area contributed by atoms with E-state index in [1.165, 1.54) is 0 Å². The molecule has 60 valence electrons. The summed E-state index contributed by atoms with van der Waals surface area (Å²) in [5.41, 5.74) is 0. The molecule has 0 aromatic carbocycles. The van der Waals surface area contributed by atoms with Crippen molar-refractivity contribution >= 4 is 0 Å². The molecule has 2 fully saturated rings. The van der Waals surface area contributed by atoms with E-state index < -0.39 is 0 Å². The van der Waals surface area contributed by atoms with Gasteiger partial charge in [-0.3, -0.25) is 0 Å². The maximum absolute atomic E-state index is 5.45. The van der Waals surface area contributed by atoms with Crippen LogP contribution in [0.15, 0.2) is 0 Å². The molecule has 0 spiro atoms. The first kappa shape index (κ1) is 8.27. The van der Waals surface area contributed by atoms with Crippen molar-refractivity contribution < 1.29 is 27.2 Å². The van der Waals surface area contributed by atoms with Gasteiger partial charge in [-0.2, -0.15) is 0 Å². The standard InChI is InChI=1S/C6H11NO2.ClH/c1-2-9-6-4-7-3-5(6)8-1;/h5-7H,1-4H2;1H/t5-,6-;/m1./s1.